The van der Waals surface area contributed by atoms with Crippen LogP contribution in [-0.4, -0.2) is 54.7 Å². The Morgan fingerprint density at radius 2 is 1.26 bits per heavy atom. The lowest BCUT2D eigenvalue weighted by molar-refractivity contribution is 0.0697. The van der Waals surface area contributed by atoms with E-state index in [0.717, 1.165) is 5.56 Å². The molecule has 0 unspecified atom stereocenters. The first-order valence-electron chi connectivity index (χ1n) is 9.26. The summed E-state index contributed by atoms with van der Waals surface area (Å²) in [6, 6.07) is 13.0. The van der Waals surface area contributed by atoms with Crippen LogP contribution in [0.1, 0.15) is 26.3 Å². The average Bonchev–Trinajstić information content (AvgIpc) is 2.68. The Morgan fingerprint density at radius 1 is 0.839 bits per heavy atom. The van der Waals surface area contributed by atoms with Crippen molar-refractivity contribution < 1.29 is 32.7 Å². The van der Waals surface area contributed by atoms with E-state index in [1.165, 1.54) is 12.1 Å². The zero-order chi connectivity index (χ0) is 23.0. The molecule has 0 atom stereocenters. The molecule has 0 fully saturated rings. The second kappa shape index (κ2) is 12.3. The zero-order valence-corrected chi connectivity index (χ0v) is 20.0. The number of hydrogen-bond donors (Lipinski definition) is 4. The molecule has 10 heteroatoms. The van der Waals surface area contributed by atoms with Gasteiger partial charge in [0.05, 0.1) is 25.4 Å². The van der Waals surface area contributed by atoms with Gasteiger partial charge in [0.1, 0.15) is 22.0 Å². The van der Waals surface area contributed by atoms with Gasteiger partial charge in [-0.1, -0.05) is 17.7 Å². The quantitative estimate of drug-likeness (QED) is 0.444. The van der Waals surface area contributed by atoms with Crippen molar-refractivity contribution in [3.8, 4) is 11.5 Å². The van der Waals surface area contributed by atoms with E-state index < -0.39 is 35.5 Å². The lowest BCUT2D eigenvalue weighted by Gasteiger charge is -2.21. The molecule has 0 radical (unpaired) electrons. The van der Waals surface area contributed by atoms with Crippen molar-refractivity contribution in [2.75, 3.05) is 19.8 Å². The van der Waals surface area contributed by atoms with Gasteiger partial charge >= 0.3 is 10.1 Å². The lowest BCUT2D eigenvalue weighted by Crippen LogP contribution is -2.50. The van der Waals surface area contributed by atoms with Gasteiger partial charge in [-0.3, -0.25) is 0 Å². The average molecular weight is 476 g/mol. The standard InChI is InChI=1S/C17H20O4S.C4H11NO3.H2S/c1-13-5-11-16(12-6-13)22(18,19)21-15-9-7-14(8-10-15)20-17(2,3)4;5-4(1-6,2-7)3-8;/h5-12H,1-4H3;6-8H,1-3,5H2;1H2. The summed E-state index contributed by atoms with van der Waals surface area (Å²) >= 11 is 0. The Hall–Kier alpha value is -1.82. The van der Waals surface area contributed by atoms with E-state index in [0.29, 0.717) is 5.75 Å². The number of aliphatic hydroxyl groups excluding tert-OH is 3. The van der Waals surface area contributed by atoms with Crippen LogP contribution in [0.4, 0.5) is 0 Å². The molecule has 0 aliphatic rings. The summed E-state index contributed by atoms with van der Waals surface area (Å²) in [7, 11) is -3.82. The van der Waals surface area contributed by atoms with E-state index in [4.69, 9.17) is 30.0 Å². The smallest absolute Gasteiger partial charge is 0.339 e. The van der Waals surface area contributed by atoms with Gasteiger partial charge in [0.15, 0.2) is 0 Å². The van der Waals surface area contributed by atoms with E-state index in [1.807, 2.05) is 27.7 Å². The normalized spacial score (nSPS) is 11.6. The maximum atomic E-state index is 12.2. The second-order valence-electron chi connectivity index (χ2n) is 7.87. The molecule has 176 valence electrons. The van der Waals surface area contributed by atoms with E-state index in [-0.39, 0.29) is 29.7 Å². The molecular formula is C21H33NO7S2. The molecule has 0 spiro atoms. The molecule has 5 N–H and O–H groups in total. The molecule has 0 aliphatic heterocycles. The molecule has 0 heterocycles. The van der Waals surface area contributed by atoms with Crippen LogP contribution >= 0.6 is 13.5 Å². The number of nitrogens with two attached hydrogens (primary N) is 1. The lowest BCUT2D eigenvalue weighted by atomic mass is 10.1. The first-order valence-corrected chi connectivity index (χ1v) is 10.7. The van der Waals surface area contributed by atoms with E-state index in [2.05, 4.69) is 0 Å². The highest BCUT2D eigenvalue weighted by molar-refractivity contribution is 7.87. The van der Waals surface area contributed by atoms with Gasteiger partial charge in [-0.15, -0.1) is 0 Å². The van der Waals surface area contributed by atoms with Crippen molar-refractivity contribution in [3.05, 3.63) is 54.1 Å². The Labute approximate surface area is 191 Å². The van der Waals surface area contributed by atoms with Gasteiger partial charge < -0.3 is 30.0 Å². The first kappa shape index (κ1) is 29.2. The molecule has 2 aromatic carbocycles. The summed E-state index contributed by atoms with van der Waals surface area (Å²) < 4.78 is 35.2. The Morgan fingerprint density at radius 3 is 1.61 bits per heavy atom. The molecule has 0 amide bonds. The molecule has 2 aromatic rings. The maximum Gasteiger partial charge on any atom is 0.339 e. The number of rotatable bonds is 7. The van der Waals surface area contributed by atoms with Crippen LogP contribution in [0, 0.1) is 6.92 Å². The van der Waals surface area contributed by atoms with E-state index >= 15 is 0 Å². The monoisotopic (exact) mass is 475 g/mol. The van der Waals surface area contributed by atoms with Gasteiger partial charge in [0, 0.05) is 0 Å². The molecule has 0 bridgehead atoms. The molecule has 0 aromatic heterocycles. The number of benzene rings is 2. The molecule has 2 rings (SSSR count). The van der Waals surface area contributed by atoms with Crippen molar-refractivity contribution in [2.45, 2.75) is 43.7 Å². The fourth-order valence-corrected chi connectivity index (χ4v) is 2.88. The van der Waals surface area contributed by atoms with Crippen molar-refractivity contribution in [1.29, 1.82) is 0 Å². The number of hydrogen-bond acceptors (Lipinski definition) is 8. The third kappa shape index (κ3) is 10.4. The van der Waals surface area contributed by atoms with Crippen LogP contribution in [0.5, 0.6) is 11.5 Å². The minimum absolute atomic E-state index is 0. The van der Waals surface area contributed by atoms with Gasteiger partial charge in [-0.05, 0) is 64.1 Å². The van der Waals surface area contributed by atoms with Crippen LogP contribution in [0.15, 0.2) is 53.4 Å². The van der Waals surface area contributed by atoms with Crippen LogP contribution in [0.3, 0.4) is 0 Å². The topological polar surface area (TPSA) is 139 Å². The van der Waals surface area contributed by atoms with E-state index in [9.17, 15) is 8.42 Å². The summed E-state index contributed by atoms with van der Waals surface area (Å²) in [6.07, 6.45) is 0. The summed E-state index contributed by atoms with van der Waals surface area (Å²) in [4.78, 5) is 0.133. The third-order valence-electron chi connectivity index (χ3n) is 3.71. The van der Waals surface area contributed by atoms with Crippen molar-refractivity contribution in [3.63, 3.8) is 0 Å². The predicted octanol–water partition coefficient (Wildman–Crippen LogP) is 1.71. The van der Waals surface area contributed by atoms with Crippen molar-refractivity contribution in [1.82, 2.24) is 0 Å². The van der Waals surface area contributed by atoms with E-state index in [1.54, 1.807) is 36.4 Å². The largest absolute Gasteiger partial charge is 0.488 e. The van der Waals surface area contributed by atoms with Gasteiger partial charge in [-0.25, -0.2) is 0 Å². The molecule has 0 saturated heterocycles. The highest BCUT2D eigenvalue weighted by Crippen LogP contribution is 2.24. The SMILES string of the molecule is Cc1ccc(S(=O)(=O)Oc2ccc(OC(C)(C)C)cc2)cc1.NC(CO)(CO)CO.S. The van der Waals surface area contributed by atoms with Crippen LogP contribution < -0.4 is 14.7 Å². The predicted molar refractivity (Wildman–Crippen MR) is 124 cm³/mol. The third-order valence-corrected chi connectivity index (χ3v) is 4.97. The van der Waals surface area contributed by atoms with Gasteiger partial charge in [0.2, 0.25) is 0 Å². The van der Waals surface area contributed by atoms with Crippen LogP contribution in [0.25, 0.3) is 0 Å². The number of ether oxygens (including phenoxy) is 1. The van der Waals surface area contributed by atoms with Crippen molar-refractivity contribution >= 4 is 23.6 Å². The Balaban J connectivity index is 0.000000858. The summed E-state index contributed by atoms with van der Waals surface area (Å²) in [5.41, 5.74) is 4.62. The molecular weight excluding hydrogens is 442 g/mol. The molecule has 31 heavy (non-hydrogen) atoms. The van der Waals surface area contributed by atoms with Gasteiger partial charge in [0.25, 0.3) is 0 Å². The highest BCUT2D eigenvalue weighted by atomic mass is 32.2. The molecule has 0 aliphatic carbocycles. The number of aryl methyl sites for hydroxylation is 1. The van der Waals surface area contributed by atoms with Crippen LogP contribution in [-0.2, 0) is 10.1 Å². The highest BCUT2D eigenvalue weighted by Gasteiger charge is 2.20. The zero-order valence-electron chi connectivity index (χ0n) is 18.2. The van der Waals surface area contributed by atoms with Gasteiger partial charge in [-0.2, -0.15) is 21.9 Å². The minimum Gasteiger partial charge on any atom is -0.488 e. The summed E-state index contributed by atoms with van der Waals surface area (Å²) in [5, 5.41) is 25.0. The minimum atomic E-state index is -3.82. The number of aliphatic hydroxyl groups is 3. The first-order chi connectivity index (χ1) is 13.8. The van der Waals surface area contributed by atoms with Crippen LogP contribution in [0.2, 0.25) is 0 Å². The Kier molecular flexibility index (Phi) is 11.6. The summed E-state index contributed by atoms with van der Waals surface area (Å²) in [5.74, 6) is 0.911. The summed E-state index contributed by atoms with van der Waals surface area (Å²) in [6.45, 7) is 6.52. The Bertz CT molecular complexity index is 865. The second-order valence-corrected chi connectivity index (χ2v) is 9.42. The fourth-order valence-electron chi connectivity index (χ4n) is 1.95. The molecule has 8 nitrogen and oxygen atoms in total. The maximum absolute atomic E-state index is 12.2. The fraction of sp³-hybridized carbons (Fsp3) is 0.429. The molecule has 0 saturated carbocycles. The van der Waals surface area contributed by atoms with Crippen molar-refractivity contribution in [2.24, 2.45) is 5.73 Å².